The normalized spacial score (nSPS) is 15.6. The van der Waals surface area contributed by atoms with Crippen molar-refractivity contribution in [2.24, 2.45) is 0 Å². The first-order valence-electron chi connectivity index (χ1n) is 8.60. The molecule has 1 amide bonds. The number of ether oxygens (including phenoxy) is 3. The van der Waals surface area contributed by atoms with Gasteiger partial charge in [0.1, 0.15) is 18.5 Å². The maximum Gasteiger partial charge on any atom is 0.258 e. The summed E-state index contributed by atoms with van der Waals surface area (Å²) in [6.07, 6.45) is -0.217. The SMILES string of the molecule is CC(C)c1ccc(OCC(=O)NC[C@H]2COc3ccccc3O2)c(Br)c1. The van der Waals surface area contributed by atoms with Crippen molar-refractivity contribution in [2.75, 3.05) is 19.8 Å². The Morgan fingerprint density at radius 3 is 2.77 bits per heavy atom. The van der Waals surface area contributed by atoms with E-state index in [0.717, 1.165) is 10.2 Å². The van der Waals surface area contributed by atoms with Crippen LogP contribution in [0, 0.1) is 0 Å². The van der Waals surface area contributed by atoms with E-state index in [4.69, 9.17) is 14.2 Å². The molecule has 0 aromatic heterocycles. The van der Waals surface area contributed by atoms with Crippen molar-refractivity contribution in [2.45, 2.75) is 25.9 Å². The molecule has 0 unspecified atom stereocenters. The Morgan fingerprint density at radius 2 is 2.04 bits per heavy atom. The van der Waals surface area contributed by atoms with Crippen molar-refractivity contribution in [3.05, 3.63) is 52.5 Å². The summed E-state index contributed by atoms with van der Waals surface area (Å²) >= 11 is 3.49. The van der Waals surface area contributed by atoms with E-state index in [2.05, 4.69) is 35.1 Å². The third-order valence-corrected chi connectivity index (χ3v) is 4.70. The molecule has 0 bridgehead atoms. The zero-order valence-electron chi connectivity index (χ0n) is 14.8. The number of para-hydroxylation sites is 2. The Hall–Kier alpha value is -2.21. The monoisotopic (exact) mass is 419 g/mol. The fraction of sp³-hybridized carbons (Fsp3) is 0.350. The summed E-state index contributed by atoms with van der Waals surface area (Å²) in [5, 5.41) is 2.82. The van der Waals surface area contributed by atoms with Gasteiger partial charge in [0.05, 0.1) is 11.0 Å². The number of halogens is 1. The number of rotatable bonds is 6. The minimum atomic E-state index is -0.217. The molecule has 5 nitrogen and oxygen atoms in total. The summed E-state index contributed by atoms with van der Waals surface area (Å²) in [7, 11) is 0. The fourth-order valence-electron chi connectivity index (χ4n) is 2.58. The summed E-state index contributed by atoms with van der Waals surface area (Å²) < 4.78 is 17.9. The summed E-state index contributed by atoms with van der Waals surface area (Å²) in [4.78, 5) is 12.0. The first kappa shape index (κ1) is 18.6. The van der Waals surface area contributed by atoms with Crippen molar-refractivity contribution >= 4 is 21.8 Å². The average molecular weight is 420 g/mol. The summed E-state index contributed by atoms with van der Waals surface area (Å²) in [6.45, 7) is 4.98. The molecular formula is C20H22BrNO4. The van der Waals surface area contributed by atoms with Crippen LogP contribution >= 0.6 is 15.9 Å². The number of amides is 1. The number of benzene rings is 2. The topological polar surface area (TPSA) is 56.8 Å². The van der Waals surface area contributed by atoms with Gasteiger partial charge in [0.15, 0.2) is 18.1 Å². The van der Waals surface area contributed by atoms with Gasteiger partial charge in [0.2, 0.25) is 0 Å². The summed E-state index contributed by atoms with van der Waals surface area (Å²) in [5.41, 5.74) is 1.21. The van der Waals surface area contributed by atoms with Crippen LogP contribution < -0.4 is 19.5 Å². The van der Waals surface area contributed by atoms with Crippen LogP contribution in [0.1, 0.15) is 25.3 Å². The first-order chi connectivity index (χ1) is 12.5. The van der Waals surface area contributed by atoms with Crippen molar-refractivity contribution < 1.29 is 19.0 Å². The molecule has 0 aliphatic carbocycles. The van der Waals surface area contributed by atoms with Crippen LogP contribution in [0.5, 0.6) is 17.2 Å². The minimum absolute atomic E-state index is 0.0518. The number of nitrogens with one attached hydrogen (secondary N) is 1. The predicted molar refractivity (Wildman–Crippen MR) is 103 cm³/mol. The highest BCUT2D eigenvalue weighted by molar-refractivity contribution is 9.10. The molecular weight excluding hydrogens is 398 g/mol. The molecule has 1 atom stereocenters. The quantitative estimate of drug-likeness (QED) is 0.770. The van der Waals surface area contributed by atoms with Gasteiger partial charge in [-0.05, 0) is 51.7 Å². The van der Waals surface area contributed by atoms with E-state index in [0.29, 0.717) is 30.6 Å². The molecule has 0 saturated carbocycles. The molecule has 1 heterocycles. The van der Waals surface area contributed by atoms with E-state index >= 15 is 0 Å². The zero-order valence-corrected chi connectivity index (χ0v) is 16.4. The standard InChI is InChI=1S/C20H22BrNO4/c1-13(2)14-7-8-17(16(21)9-14)25-12-20(23)22-10-15-11-24-18-5-3-4-6-19(18)26-15/h3-9,13,15H,10-12H2,1-2H3,(H,22,23)/t15-/m0/s1. The minimum Gasteiger partial charge on any atom is -0.486 e. The van der Waals surface area contributed by atoms with Crippen LogP contribution in [0.4, 0.5) is 0 Å². The second kappa shape index (κ2) is 8.45. The van der Waals surface area contributed by atoms with Crippen LogP contribution in [0.15, 0.2) is 46.9 Å². The van der Waals surface area contributed by atoms with E-state index in [-0.39, 0.29) is 18.6 Å². The van der Waals surface area contributed by atoms with Gasteiger partial charge in [-0.1, -0.05) is 32.0 Å². The lowest BCUT2D eigenvalue weighted by molar-refractivity contribution is -0.123. The smallest absolute Gasteiger partial charge is 0.258 e. The summed E-state index contributed by atoms with van der Waals surface area (Å²) in [6, 6.07) is 13.4. The van der Waals surface area contributed by atoms with Gasteiger partial charge in [-0.15, -0.1) is 0 Å². The predicted octanol–water partition coefficient (Wildman–Crippen LogP) is 3.91. The number of hydrogen-bond acceptors (Lipinski definition) is 4. The molecule has 1 aliphatic rings. The Balaban J connectivity index is 1.45. The van der Waals surface area contributed by atoms with Crippen LogP contribution in [0.2, 0.25) is 0 Å². The molecule has 138 valence electrons. The van der Waals surface area contributed by atoms with Crippen LogP contribution in [-0.4, -0.2) is 31.8 Å². The van der Waals surface area contributed by atoms with Gasteiger partial charge in [0, 0.05) is 0 Å². The van der Waals surface area contributed by atoms with E-state index in [1.54, 1.807) is 0 Å². The number of carbonyl (C=O) groups is 1. The van der Waals surface area contributed by atoms with Crippen molar-refractivity contribution in [1.82, 2.24) is 5.32 Å². The van der Waals surface area contributed by atoms with Gasteiger partial charge >= 0.3 is 0 Å². The van der Waals surface area contributed by atoms with Gasteiger partial charge in [-0.25, -0.2) is 0 Å². The second-order valence-electron chi connectivity index (χ2n) is 6.43. The molecule has 2 aromatic rings. The van der Waals surface area contributed by atoms with Gasteiger partial charge in [-0.3, -0.25) is 4.79 Å². The van der Waals surface area contributed by atoms with Gasteiger partial charge in [-0.2, -0.15) is 0 Å². The van der Waals surface area contributed by atoms with E-state index in [1.807, 2.05) is 42.5 Å². The van der Waals surface area contributed by atoms with Crippen molar-refractivity contribution in [3.8, 4) is 17.2 Å². The highest BCUT2D eigenvalue weighted by Crippen LogP contribution is 2.31. The van der Waals surface area contributed by atoms with Crippen molar-refractivity contribution in [3.63, 3.8) is 0 Å². The number of carbonyl (C=O) groups excluding carboxylic acids is 1. The lowest BCUT2D eigenvalue weighted by Crippen LogP contribution is -2.42. The number of fused-ring (bicyclic) bond motifs is 1. The first-order valence-corrected chi connectivity index (χ1v) is 9.39. The Morgan fingerprint density at radius 1 is 1.27 bits per heavy atom. The van der Waals surface area contributed by atoms with E-state index in [1.165, 1.54) is 5.56 Å². The molecule has 3 rings (SSSR count). The zero-order chi connectivity index (χ0) is 18.5. The molecule has 2 aromatic carbocycles. The molecule has 0 radical (unpaired) electrons. The van der Waals surface area contributed by atoms with Crippen LogP contribution in [0.3, 0.4) is 0 Å². The van der Waals surface area contributed by atoms with Crippen molar-refractivity contribution in [1.29, 1.82) is 0 Å². The Bertz CT molecular complexity index is 778. The molecule has 0 fully saturated rings. The molecule has 26 heavy (non-hydrogen) atoms. The summed E-state index contributed by atoms with van der Waals surface area (Å²) in [5.74, 6) is 2.31. The third kappa shape index (κ3) is 4.69. The van der Waals surface area contributed by atoms with Gasteiger partial charge in [0.25, 0.3) is 5.91 Å². The highest BCUT2D eigenvalue weighted by atomic mass is 79.9. The Labute approximate surface area is 161 Å². The molecule has 6 heteroatoms. The van der Waals surface area contributed by atoms with E-state index in [9.17, 15) is 4.79 Å². The average Bonchev–Trinajstić information content (AvgIpc) is 2.65. The maximum absolute atomic E-state index is 12.0. The molecule has 1 aliphatic heterocycles. The number of hydrogen-bond donors (Lipinski definition) is 1. The molecule has 0 saturated heterocycles. The largest absolute Gasteiger partial charge is 0.486 e. The lowest BCUT2D eigenvalue weighted by atomic mass is 10.0. The van der Waals surface area contributed by atoms with E-state index < -0.39 is 0 Å². The molecule has 0 spiro atoms. The highest BCUT2D eigenvalue weighted by Gasteiger charge is 2.21. The Kier molecular flexibility index (Phi) is 6.04. The fourth-order valence-corrected chi connectivity index (χ4v) is 3.09. The maximum atomic E-state index is 12.0. The molecule has 1 N–H and O–H groups in total. The van der Waals surface area contributed by atoms with Crippen LogP contribution in [-0.2, 0) is 4.79 Å². The lowest BCUT2D eigenvalue weighted by Gasteiger charge is -2.26. The second-order valence-corrected chi connectivity index (χ2v) is 7.29. The van der Waals surface area contributed by atoms with Gasteiger partial charge < -0.3 is 19.5 Å². The third-order valence-electron chi connectivity index (χ3n) is 4.08. The van der Waals surface area contributed by atoms with Crippen LogP contribution in [0.25, 0.3) is 0 Å².